The lowest BCUT2D eigenvalue weighted by Crippen LogP contribution is -2.26. The molecule has 0 aliphatic carbocycles. The van der Waals surface area contributed by atoms with Crippen molar-refractivity contribution >= 4 is 37.3 Å². The van der Waals surface area contributed by atoms with Crippen molar-refractivity contribution < 1.29 is 0 Å². The van der Waals surface area contributed by atoms with Crippen LogP contribution in [0.5, 0.6) is 0 Å². The SMILES string of the molecule is Br.[CH3][Mg][CH]1CCNCC1. The van der Waals surface area contributed by atoms with Gasteiger partial charge in [0, 0.05) is 0 Å². The number of hydrogen-bond donors (Lipinski definition) is 1. The summed E-state index contributed by atoms with van der Waals surface area (Å²) in [7, 11) is 0. The van der Waals surface area contributed by atoms with E-state index < -0.39 is 0 Å². The maximum atomic E-state index is 3.37. The summed E-state index contributed by atoms with van der Waals surface area (Å²) in [5.74, 6) is 0. The lowest BCUT2D eigenvalue weighted by atomic mass is 10.1. The molecule has 1 rings (SSSR count). The van der Waals surface area contributed by atoms with E-state index in [1.165, 1.54) is 25.9 Å². The molecule has 0 aromatic heterocycles. The second kappa shape index (κ2) is 5.95. The van der Waals surface area contributed by atoms with E-state index >= 15 is 0 Å². The predicted octanol–water partition coefficient (Wildman–Crippen LogP) is 1.49. The van der Waals surface area contributed by atoms with Crippen molar-refractivity contribution in [3.63, 3.8) is 0 Å². The monoisotopic (exact) mass is 203 g/mol. The topological polar surface area (TPSA) is 12.0 Å². The quantitative estimate of drug-likeness (QED) is 0.638. The second-order valence-corrected chi connectivity index (χ2v) is 4.57. The van der Waals surface area contributed by atoms with Gasteiger partial charge < -0.3 is 5.32 Å². The lowest BCUT2D eigenvalue weighted by molar-refractivity contribution is 0.517. The molecule has 1 N–H and O–H groups in total. The zero-order valence-electron chi connectivity index (χ0n) is 6.02. The summed E-state index contributed by atoms with van der Waals surface area (Å²) in [5.41, 5.74) is 0. The van der Waals surface area contributed by atoms with Crippen LogP contribution in [-0.4, -0.2) is 33.5 Å². The Morgan fingerprint density at radius 3 is 2.22 bits per heavy atom. The molecule has 1 heterocycles. The predicted molar refractivity (Wildman–Crippen MR) is 47.8 cm³/mol. The summed E-state index contributed by atoms with van der Waals surface area (Å²) in [6.07, 6.45) is 2.92. The fourth-order valence-corrected chi connectivity index (χ4v) is 2.51. The molecule has 3 heteroatoms. The fourth-order valence-electron chi connectivity index (χ4n) is 1.29. The minimum atomic E-state index is 0. The molecule has 0 radical (unpaired) electrons. The van der Waals surface area contributed by atoms with Crippen LogP contribution in [0.25, 0.3) is 0 Å². The van der Waals surface area contributed by atoms with Gasteiger partial charge in [0.15, 0.2) is 0 Å². The van der Waals surface area contributed by atoms with Crippen LogP contribution < -0.4 is 5.32 Å². The summed E-state index contributed by atoms with van der Waals surface area (Å²) in [5, 5.41) is 5.80. The van der Waals surface area contributed by atoms with Crippen LogP contribution in [0.1, 0.15) is 12.8 Å². The molecule has 1 saturated heterocycles. The first-order chi connectivity index (χ1) is 3.93. The van der Waals surface area contributed by atoms with Crippen LogP contribution in [-0.2, 0) is 0 Å². The Hall–Kier alpha value is 1.21. The van der Waals surface area contributed by atoms with Gasteiger partial charge in [0.25, 0.3) is 0 Å². The molecule has 1 fully saturated rings. The molecule has 0 atom stereocenters. The number of hydrogen-bond acceptors (Lipinski definition) is 1. The third kappa shape index (κ3) is 3.81. The highest BCUT2D eigenvalue weighted by Crippen LogP contribution is 2.15. The molecule has 0 aromatic rings. The van der Waals surface area contributed by atoms with E-state index in [0.717, 1.165) is 4.05 Å². The molecule has 1 aliphatic heterocycles. The highest BCUT2D eigenvalue weighted by molar-refractivity contribution is 8.93. The van der Waals surface area contributed by atoms with Gasteiger partial charge in [-0.1, -0.05) is 12.8 Å². The highest BCUT2D eigenvalue weighted by Gasteiger charge is 2.10. The normalized spacial score (nSPS) is 20.1. The number of halogens is 1. The van der Waals surface area contributed by atoms with Gasteiger partial charge in [0.2, 0.25) is 0 Å². The van der Waals surface area contributed by atoms with E-state index in [4.69, 9.17) is 0 Å². The minimum absolute atomic E-state index is 0. The van der Waals surface area contributed by atoms with Gasteiger partial charge >= 0.3 is 20.4 Å². The summed E-state index contributed by atoms with van der Waals surface area (Å²) >= 11 is 0.328. The van der Waals surface area contributed by atoms with Crippen molar-refractivity contribution in [2.75, 3.05) is 13.1 Å². The average molecular weight is 204 g/mol. The maximum absolute atomic E-state index is 3.37. The molecule has 9 heavy (non-hydrogen) atoms. The van der Waals surface area contributed by atoms with Crippen LogP contribution in [0.3, 0.4) is 0 Å². The minimum Gasteiger partial charge on any atom is -0.317 e. The van der Waals surface area contributed by atoms with Crippen LogP contribution in [0.4, 0.5) is 0 Å². The fraction of sp³-hybridized carbons (Fsp3) is 1.00. The van der Waals surface area contributed by atoms with Crippen molar-refractivity contribution in [2.45, 2.75) is 21.9 Å². The van der Waals surface area contributed by atoms with Crippen LogP contribution in [0.2, 0.25) is 9.10 Å². The first-order valence-corrected chi connectivity index (χ1v) is 5.87. The summed E-state index contributed by atoms with van der Waals surface area (Å²) in [4.78, 5) is 0. The van der Waals surface area contributed by atoms with E-state index in [1.54, 1.807) is 0 Å². The van der Waals surface area contributed by atoms with E-state index in [1.807, 2.05) is 0 Å². The molecule has 52 valence electrons. The second-order valence-electron chi connectivity index (χ2n) is 2.60. The van der Waals surface area contributed by atoms with Crippen LogP contribution in [0.15, 0.2) is 0 Å². The van der Waals surface area contributed by atoms with Gasteiger partial charge in [-0.25, -0.2) is 0 Å². The standard InChI is InChI=1S/C5H10N.CH3.BrH.Mg/c1-2-4-6-5-3-1;;;/h1,6H,2-5H2;1H3;1H;. The number of rotatable bonds is 1. The Morgan fingerprint density at radius 2 is 1.89 bits per heavy atom. The molecule has 0 saturated carbocycles. The van der Waals surface area contributed by atoms with Crippen LogP contribution in [0, 0.1) is 0 Å². The molecule has 1 nitrogen and oxygen atoms in total. The Bertz CT molecular complexity index is 64.1. The van der Waals surface area contributed by atoms with Crippen molar-refractivity contribution in [2.24, 2.45) is 0 Å². The molecule has 0 spiro atoms. The summed E-state index contributed by atoms with van der Waals surface area (Å²) in [6.45, 7) is 2.57. The molecule has 1 aliphatic rings. The highest BCUT2D eigenvalue weighted by atomic mass is 79.9. The zero-order valence-corrected chi connectivity index (χ0v) is 9.15. The van der Waals surface area contributed by atoms with Gasteiger partial charge in [0.05, 0.1) is 0 Å². The van der Waals surface area contributed by atoms with Crippen molar-refractivity contribution in [3.8, 4) is 0 Å². The van der Waals surface area contributed by atoms with Gasteiger partial charge in [-0.15, -0.1) is 21.0 Å². The van der Waals surface area contributed by atoms with Crippen molar-refractivity contribution in [3.05, 3.63) is 0 Å². The first kappa shape index (κ1) is 10.2. The molecule has 0 aromatic carbocycles. The van der Waals surface area contributed by atoms with E-state index in [0.29, 0.717) is 20.4 Å². The Morgan fingerprint density at radius 1 is 1.33 bits per heavy atom. The van der Waals surface area contributed by atoms with Crippen molar-refractivity contribution in [1.82, 2.24) is 5.32 Å². The Labute approximate surface area is 77.5 Å². The molecule has 0 unspecified atom stereocenters. The van der Waals surface area contributed by atoms with Gasteiger partial charge in [-0.3, -0.25) is 0 Å². The van der Waals surface area contributed by atoms with Gasteiger partial charge in [0.1, 0.15) is 0 Å². The first-order valence-electron chi connectivity index (χ1n) is 3.64. The lowest BCUT2D eigenvalue weighted by Gasteiger charge is -2.20. The van der Waals surface area contributed by atoms with Crippen molar-refractivity contribution in [1.29, 1.82) is 0 Å². The number of nitrogens with one attached hydrogen (secondary N) is 1. The molecular formula is C6H14BrMgN. The van der Waals surface area contributed by atoms with Gasteiger partial charge in [-0.05, 0) is 13.1 Å². The summed E-state index contributed by atoms with van der Waals surface area (Å²) < 4.78 is 1.16. The average Bonchev–Trinajstić information content (AvgIpc) is 1.90. The largest absolute Gasteiger partial charge is 0.364 e. The summed E-state index contributed by atoms with van der Waals surface area (Å²) in [6, 6.07) is 0. The number of piperidine rings is 1. The molecule has 0 amide bonds. The third-order valence-electron chi connectivity index (χ3n) is 2.04. The third-order valence-corrected chi connectivity index (χ3v) is 4.01. The smallest absolute Gasteiger partial charge is 0.317 e. The van der Waals surface area contributed by atoms with Gasteiger partial charge in [-0.2, -0.15) is 5.05 Å². The van der Waals surface area contributed by atoms with E-state index in [-0.39, 0.29) is 17.0 Å². The molecule has 0 bridgehead atoms. The molecular weight excluding hydrogens is 190 g/mol. The Kier molecular flexibility index (Phi) is 6.75. The van der Waals surface area contributed by atoms with E-state index in [2.05, 4.69) is 10.4 Å². The van der Waals surface area contributed by atoms with E-state index in [9.17, 15) is 0 Å². The van der Waals surface area contributed by atoms with Crippen LogP contribution >= 0.6 is 17.0 Å². The maximum Gasteiger partial charge on any atom is 0.364 e. The zero-order chi connectivity index (χ0) is 5.82. The Balaban J connectivity index is 0.000000640.